The summed E-state index contributed by atoms with van der Waals surface area (Å²) >= 11 is 2.59. The summed E-state index contributed by atoms with van der Waals surface area (Å²) in [6.45, 7) is 9.98. The Kier molecular flexibility index (Phi) is 17.1. The Labute approximate surface area is 258 Å². The predicted molar refractivity (Wildman–Crippen MR) is 126 cm³/mol. The van der Waals surface area contributed by atoms with Gasteiger partial charge in [0.15, 0.2) is 10.3 Å². The molecular formula is C20H30N6Na2O5S2. The van der Waals surface area contributed by atoms with Gasteiger partial charge in [0.2, 0.25) is 0 Å². The van der Waals surface area contributed by atoms with Crippen molar-refractivity contribution in [2.75, 3.05) is 82.9 Å². The van der Waals surface area contributed by atoms with Crippen molar-refractivity contribution in [1.82, 2.24) is 19.8 Å². The normalized spacial score (nSPS) is 16.1. The summed E-state index contributed by atoms with van der Waals surface area (Å²) in [4.78, 5) is 40.1. The van der Waals surface area contributed by atoms with Crippen LogP contribution in [0.3, 0.4) is 0 Å². The molecule has 1 N–H and O–H groups in total. The number of carbonyl (C=O) groups excluding carboxylic acids is 2. The molecule has 0 aliphatic carbocycles. The zero-order valence-corrected chi connectivity index (χ0v) is 26.7. The largest absolute Gasteiger partial charge is 1.00 e. The van der Waals surface area contributed by atoms with E-state index in [0.717, 1.165) is 62.6 Å². The second kappa shape index (κ2) is 17.2. The standard InChI is InChI=1S/C11H17N3O2S.C9H13N3O2S.2Na.H2O/c1-3-16-10(15)9-8-12-11(17-9)14-6-4-13(2)5-7-14;1-11-2-4-12(5-3-11)9-10-6-7(15-9)8(13)14;;;/h8H,3-7H2,1-2H3;6H,2-5H2,1H3,(H,13,14);;;1H2/q;;2*+1;/p-2. The van der Waals surface area contributed by atoms with Crippen LogP contribution >= 0.6 is 22.7 Å². The number of nitrogens with zero attached hydrogens (tertiary/aromatic N) is 6. The molecule has 2 fully saturated rings. The van der Waals surface area contributed by atoms with Crippen LogP contribution in [0.25, 0.3) is 0 Å². The summed E-state index contributed by atoms with van der Waals surface area (Å²) < 4.78 is 4.95. The van der Waals surface area contributed by atoms with Gasteiger partial charge in [-0.2, -0.15) is 0 Å². The van der Waals surface area contributed by atoms with Gasteiger partial charge in [0.05, 0.1) is 23.7 Å². The van der Waals surface area contributed by atoms with E-state index in [0.29, 0.717) is 11.5 Å². The van der Waals surface area contributed by atoms with Gasteiger partial charge in [-0.25, -0.2) is 14.8 Å². The van der Waals surface area contributed by atoms with E-state index in [1.807, 2.05) is 0 Å². The van der Waals surface area contributed by atoms with Crippen molar-refractivity contribution in [1.29, 1.82) is 0 Å². The minimum atomic E-state index is -1.15. The SMILES string of the molecule is CCOC(=O)c1cnc(N2CCN(C)CC2)s1.CN1CCN(c2ncc(C(=O)[O-])s2)CC1.[Na+].[Na+].[OH-]. The number of aromatic carboxylic acids is 1. The number of anilines is 2. The number of carboxylic acid groups (broad SMARTS) is 1. The molecule has 0 amide bonds. The molecule has 4 rings (SSSR count). The van der Waals surface area contributed by atoms with Crippen molar-refractivity contribution in [3.63, 3.8) is 0 Å². The zero-order valence-electron chi connectivity index (χ0n) is 21.1. The third-order valence-electron chi connectivity index (χ3n) is 5.21. The van der Waals surface area contributed by atoms with E-state index >= 15 is 0 Å². The molecule has 0 radical (unpaired) electrons. The summed E-state index contributed by atoms with van der Waals surface area (Å²) in [5, 5.41) is 12.3. The number of likely N-dealkylation sites (N-methyl/N-ethyl adjacent to an activating group) is 2. The fourth-order valence-corrected chi connectivity index (χ4v) is 4.87. The van der Waals surface area contributed by atoms with E-state index in [2.05, 4.69) is 43.7 Å². The first kappa shape index (κ1) is 34.7. The molecule has 15 heteroatoms. The number of carbonyl (C=O) groups is 2. The molecule has 0 bridgehead atoms. The summed E-state index contributed by atoms with van der Waals surface area (Å²) in [6.07, 6.45) is 2.98. The van der Waals surface area contributed by atoms with Crippen molar-refractivity contribution in [2.45, 2.75) is 6.92 Å². The van der Waals surface area contributed by atoms with Crippen LogP contribution in [-0.4, -0.2) is 110 Å². The fraction of sp³-hybridized carbons (Fsp3) is 0.600. The predicted octanol–water partition coefficient (Wildman–Crippen LogP) is -5.84. The van der Waals surface area contributed by atoms with Gasteiger partial charge in [-0.05, 0) is 21.0 Å². The molecular weight excluding hydrogens is 514 g/mol. The summed E-state index contributed by atoms with van der Waals surface area (Å²) in [5.74, 6) is -1.42. The number of esters is 1. The molecule has 35 heavy (non-hydrogen) atoms. The molecule has 4 heterocycles. The Morgan fingerprint density at radius 1 is 0.857 bits per heavy atom. The molecule has 11 nitrogen and oxygen atoms in total. The van der Waals surface area contributed by atoms with E-state index in [-0.39, 0.29) is 75.4 Å². The quantitative estimate of drug-likeness (QED) is 0.263. The van der Waals surface area contributed by atoms with Crippen molar-refractivity contribution in [3.05, 3.63) is 22.1 Å². The summed E-state index contributed by atoms with van der Waals surface area (Å²) in [5.41, 5.74) is 0. The maximum atomic E-state index is 11.5. The number of thiazole rings is 2. The Bertz CT molecular complexity index is 902. The van der Waals surface area contributed by atoms with Gasteiger partial charge < -0.3 is 39.7 Å². The molecule has 0 spiro atoms. The number of piperazine rings is 2. The molecule has 2 aromatic heterocycles. The van der Waals surface area contributed by atoms with Crippen LogP contribution in [-0.2, 0) is 4.74 Å². The zero-order chi connectivity index (χ0) is 23.1. The van der Waals surface area contributed by atoms with E-state index in [1.54, 1.807) is 13.1 Å². The molecule has 0 unspecified atom stereocenters. The van der Waals surface area contributed by atoms with E-state index < -0.39 is 5.97 Å². The van der Waals surface area contributed by atoms with Crippen LogP contribution < -0.4 is 74.0 Å². The molecule has 2 aromatic rings. The molecule has 2 aliphatic rings. The summed E-state index contributed by atoms with van der Waals surface area (Å²) in [6, 6.07) is 0. The van der Waals surface area contributed by atoms with E-state index in [9.17, 15) is 14.7 Å². The number of rotatable bonds is 5. The number of hydrogen-bond acceptors (Lipinski definition) is 13. The second-order valence-electron chi connectivity index (χ2n) is 7.60. The fourth-order valence-electron chi connectivity index (χ4n) is 3.21. The van der Waals surface area contributed by atoms with E-state index in [4.69, 9.17) is 4.74 Å². The van der Waals surface area contributed by atoms with Crippen LogP contribution in [0.4, 0.5) is 10.3 Å². The molecule has 2 aliphatic heterocycles. The van der Waals surface area contributed by atoms with Crippen LogP contribution in [0, 0.1) is 0 Å². The Balaban J connectivity index is 0.000000612. The molecule has 0 saturated carbocycles. The Morgan fingerprint density at radius 3 is 1.63 bits per heavy atom. The molecule has 2 saturated heterocycles. The van der Waals surface area contributed by atoms with Gasteiger partial charge in [-0.1, -0.05) is 22.7 Å². The van der Waals surface area contributed by atoms with E-state index in [1.165, 1.54) is 28.9 Å². The first-order valence-electron chi connectivity index (χ1n) is 10.5. The van der Waals surface area contributed by atoms with Crippen LogP contribution in [0.5, 0.6) is 0 Å². The Hall–Kier alpha value is -0.320. The van der Waals surface area contributed by atoms with Crippen LogP contribution in [0.2, 0.25) is 0 Å². The molecule has 0 atom stereocenters. The monoisotopic (exact) mass is 544 g/mol. The maximum absolute atomic E-state index is 11.5. The smallest absolute Gasteiger partial charge is 0.870 e. The van der Waals surface area contributed by atoms with Gasteiger partial charge in [0.1, 0.15) is 4.88 Å². The van der Waals surface area contributed by atoms with Gasteiger partial charge in [-0.15, -0.1) is 0 Å². The third-order valence-corrected chi connectivity index (χ3v) is 7.29. The topological polar surface area (TPSA) is 135 Å². The molecule has 0 aromatic carbocycles. The van der Waals surface area contributed by atoms with Crippen LogP contribution in [0.1, 0.15) is 26.3 Å². The van der Waals surface area contributed by atoms with Gasteiger partial charge in [-0.3, -0.25) is 0 Å². The summed E-state index contributed by atoms with van der Waals surface area (Å²) in [7, 11) is 4.19. The number of ether oxygens (including phenoxy) is 1. The van der Waals surface area contributed by atoms with Crippen molar-refractivity contribution < 1.29 is 84.0 Å². The van der Waals surface area contributed by atoms with Crippen molar-refractivity contribution >= 4 is 44.9 Å². The maximum Gasteiger partial charge on any atom is 1.00 e. The Morgan fingerprint density at radius 2 is 1.26 bits per heavy atom. The third kappa shape index (κ3) is 10.5. The van der Waals surface area contributed by atoms with Gasteiger partial charge in [0, 0.05) is 58.6 Å². The van der Waals surface area contributed by atoms with Crippen molar-refractivity contribution in [2.24, 2.45) is 0 Å². The number of carboxylic acids is 1. The van der Waals surface area contributed by atoms with Crippen molar-refractivity contribution in [3.8, 4) is 0 Å². The first-order chi connectivity index (χ1) is 15.4. The second-order valence-corrected chi connectivity index (χ2v) is 9.62. The van der Waals surface area contributed by atoms with Crippen LogP contribution in [0.15, 0.2) is 12.4 Å². The minimum absolute atomic E-state index is 0. The van der Waals surface area contributed by atoms with Gasteiger partial charge in [0.25, 0.3) is 0 Å². The minimum Gasteiger partial charge on any atom is -0.870 e. The number of aromatic nitrogens is 2. The average molecular weight is 545 g/mol. The molecule has 184 valence electrons. The van der Waals surface area contributed by atoms with Gasteiger partial charge >= 0.3 is 65.1 Å². The number of hydrogen-bond donors (Lipinski definition) is 0. The average Bonchev–Trinajstić information content (AvgIpc) is 3.46. The first-order valence-corrected chi connectivity index (χ1v) is 12.2.